The number of rotatable bonds is 7. The normalized spacial score (nSPS) is 40.6. The van der Waals surface area contributed by atoms with E-state index in [1.165, 1.54) is 0 Å². The van der Waals surface area contributed by atoms with Gasteiger partial charge >= 0.3 is 5.97 Å². The Morgan fingerprint density at radius 3 is 2.37 bits per heavy atom. The van der Waals surface area contributed by atoms with Gasteiger partial charge in [-0.05, 0) is 75.5 Å². The summed E-state index contributed by atoms with van der Waals surface area (Å²) in [5.41, 5.74) is -0.604. The number of ketones is 1. The molecule has 1 aromatic carbocycles. The number of fused-ring (bicyclic) bond motifs is 1. The highest BCUT2D eigenvalue weighted by molar-refractivity contribution is 5.84. The van der Waals surface area contributed by atoms with Crippen LogP contribution in [0, 0.1) is 41.4 Å². The van der Waals surface area contributed by atoms with Gasteiger partial charge in [-0.15, -0.1) is 0 Å². The molecule has 1 unspecified atom stereocenters. The van der Waals surface area contributed by atoms with Gasteiger partial charge in [-0.25, -0.2) is 0 Å². The van der Waals surface area contributed by atoms with Gasteiger partial charge in [0.2, 0.25) is 0 Å². The topological polar surface area (TPSA) is 124 Å². The fourth-order valence-electron chi connectivity index (χ4n) is 8.94. The van der Waals surface area contributed by atoms with E-state index in [1.54, 1.807) is 27.2 Å². The molecular formula is C42H63NO8. The summed E-state index contributed by atoms with van der Waals surface area (Å²) in [4.78, 5) is 33.0. The second kappa shape index (κ2) is 17.0. The fourth-order valence-corrected chi connectivity index (χ4v) is 8.94. The second-order valence-electron chi connectivity index (χ2n) is 16.1. The molecule has 284 valence electrons. The maximum atomic E-state index is 14.3. The minimum Gasteiger partial charge on any atom is -0.459 e. The van der Waals surface area contributed by atoms with Gasteiger partial charge in [0, 0.05) is 36.4 Å². The van der Waals surface area contributed by atoms with Gasteiger partial charge < -0.3 is 29.2 Å². The number of ether oxygens (including phenoxy) is 4. The first-order chi connectivity index (χ1) is 24.0. The van der Waals surface area contributed by atoms with Crippen molar-refractivity contribution >= 4 is 28.7 Å². The summed E-state index contributed by atoms with van der Waals surface area (Å²) in [6.45, 7) is 19.4. The molecule has 9 heteroatoms. The zero-order chi connectivity index (χ0) is 37.8. The number of pyridine rings is 1. The molecule has 1 aromatic heterocycles. The van der Waals surface area contributed by atoms with Gasteiger partial charge in [0.1, 0.15) is 17.5 Å². The van der Waals surface area contributed by atoms with E-state index in [-0.39, 0.29) is 48.3 Å². The Morgan fingerprint density at radius 2 is 1.73 bits per heavy atom. The number of methoxy groups -OCH3 is 1. The van der Waals surface area contributed by atoms with Gasteiger partial charge in [-0.1, -0.05) is 78.8 Å². The Balaban J connectivity index is 1.70. The van der Waals surface area contributed by atoms with Crippen LogP contribution < -0.4 is 0 Å². The van der Waals surface area contributed by atoms with Crippen molar-refractivity contribution in [3.05, 3.63) is 48.2 Å². The number of aliphatic hydroxyl groups is 2. The number of carbonyl (C=O) groups excluding carboxylic acids is 2. The van der Waals surface area contributed by atoms with Crippen LogP contribution in [-0.4, -0.2) is 82.4 Å². The van der Waals surface area contributed by atoms with Crippen molar-refractivity contribution in [3.8, 4) is 0 Å². The number of para-hydroxylation sites is 1. The van der Waals surface area contributed by atoms with Crippen molar-refractivity contribution in [2.24, 2.45) is 41.4 Å². The quantitative estimate of drug-likeness (QED) is 0.291. The van der Waals surface area contributed by atoms with E-state index in [0.29, 0.717) is 19.3 Å². The van der Waals surface area contributed by atoms with Crippen molar-refractivity contribution < 1.29 is 38.7 Å². The highest BCUT2D eigenvalue weighted by Crippen LogP contribution is 2.45. The van der Waals surface area contributed by atoms with Crippen LogP contribution in [0.1, 0.15) is 94.1 Å². The molecule has 0 radical (unpaired) electrons. The first-order valence-corrected chi connectivity index (χ1v) is 18.9. The number of Topliss-reactive ketones (excluding diaryl/α,β-unsaturated/α-hetero) is 1. The van der Waals surface area contributed by atoms with Gasteiger partial charge in [-0.2, -0.15) is 0 Å². The molecule has 0 aliphatic carbocycles. The summed E-state index contributed by atoms with van der Waals surface area (Å²) < 4.78 is 25.4. The maximum Gasteiger partial charge on any atom is 0.309 e. The number of hydrogen-bond acceptors (Lipinski definition) is 9. The fraction of sp³-hybridized carbons (Fsp3) is 0.690. The van der Waals surface area contributed by atoms with Gasteiger partial charge in [0.05, 0.1) is 48.1 Å². The lowest BCUT2D eigenvalue weighted by Crippen LogP contribution is -2.58. The summed E-state index contributed by atoms with van der Waals surface area (Å²) in [5, 5.41) is 24.0. The zero-order valence-electron chi connectivity index (χ0n) is 32.7. The van der Waals surface area contributed by atoms with Crippen LogP contribution in [0.5, 0.6) is 0 Å². The molecule has 51 heavy (non-hydrogen) atoms. The molecule has 0 spiro atoms. The van der Waals surface area contributed by atoms with Crippen molar-refractivity contribution in [2.45, 2.75) is 130 Å². The summed E-state index contributed by atoms with van der Waals surface area (Å²) in [7, 11) is 1.68. The molecule has 2 fully saturated rings. The average molecular weight is 710 g/mol. The Kier molecular flexibility index (Phi) is 13.7. The van der Waals surface area contributed by atoms with Crippen LogP contribution in [0.25, 0.3) is 17.0 Å². The number of hydrogen-bond donors (Lipinski definition) is 2. The van der Waals surface area contributed by atoms with Crippen LogP contribution in [0.2, 0.25) is 0 Å². The van der Waals surface area contributed by atoms with Gasteiger partial charge in [0.25, 0.3) is 0 Å². The van der Waals surface area contributed by atoms with Gasteiger partial charge in [0.15, 0.2) is 0 Å². The molecule has 2 saturated heterocycles. The van der Waals surface area contributed by atoms with Crippen molar-refractivity contribution in [1.82, 2.24) is 4.98 Å². The SMILES string of the molecule is CC[C@H]1OC(=O)[C@H](C)[C@@H](C2C[C@H](C)[C@@H](O)[C@H](C)O2)[C@H](C)[C@@H](C)[C@](C)(OC)C[C@@H](C)C(=O)[C@H](C)[C@@H](OC/C=C/c2cnc3ccccc3c2)[C@]1(C)O. The Labute approximate surface area is 305 Å². The molecule has 14 atom stereocenters. The zero-order valence-corrected chi connectivity index (χ0v) is 32.7. The van der Waals surface area contributed by atoms with E-state index in [9.17, 15) is 19.8 Å². The van der Waals surface area contributed by atoms with Crippen LogP contribution in [-0.2, 0) is 28.5 Å². The lowest BCUT2D eigenvalue weighted by atomic mass is 9.65. The van der Waals surface area contributed by atoms with Gasteiger partial charge in [-0.3, -0.25) is 14.6 Å². The predicted octanol–water partition coefficient (Wildman–Crippen LogP) is 7.06. The van der Waals surface area contributed by atoms with E-state index in [0.717, 1.165) is 16.5 Å². The van der Waals surface area contributed by atoms with Crippen molar-refractivity contribution in [3.63, 3.8) is 0 Å². The average Bonchev–Trinajstić information content (AvgIpc) is 3.10. The first kappa shape index (κ1) is 41.1. The summed E-state index contributed by atoms with van der Waals surface area (Å²) in [5.74, 6) is -2.67. The summed E-state index contributed by atoms with van der Waals surface area (Å²) in [6.07, 6.45) is 3.69. The molecule has 2 N–H and O–H groups in total. The molecule has 2 aliphatic heterocycles. The van der Waals surface area contributed by atoms with E-state index in [4.69, 9.17) is 18.9 Å². The molecule has 9 nitrogen and oxygen atoms in total. The number of benzene rings is 1. The molecule has 2 aliphatic rings. The Bertz CT molecular complexity index is 1500. The standard InChI is InChI=1S/C42H63NO8/c1-12-35-42(10,47)39(49-19-15-16-31-21-32-17-13-14-18-33(32)43-23-31)28(6)37(44)25(3)22-41(9,48-11)29(7)26(4)36(27(5)40(46)51-35)34-20-24(2)38(45)30(8)50-34/h13-18,21,23-30,34-36,38-39,45,47H,12,19-20,22H2,1-11H3/b16-15+/t24-,25+,26+,27+,28-,29+,30-,34?,35+,36-,38+,39+,41+,42+/m0/s1. The third-order valence-electron chi connectivity index (χ3n) is 12.5. The Hall–Kier alpha value is -2.69. The van der Waals surface area contributed by atoms with Crippen molar-refractivity contribution in [2.75, 3.05) is 13.7 Å². The molecule has 2 aromatic rings. The van der Waals surface area contributed by atoms with E-state index < -0.39 is 53.2 Å². The van der Waals surface area contributed by atoms with Crippen molar-refractivity contribution in [1.29, 1.82) is 0 Å². The van der Waals surface area contributed by atoms with E-state index >= 15 is 0 Å². The number of aliphatic hydroxyl groups excluding tert-OH is 1. The second-order valence-corrected chi connectivity index (χ2v) is 16.1. The minimum absolute atomic E-state index is 0.0147. The largest absolute Gasteiger partial charge is 0.459 e. The third kappa shape index (κ3) is 8.93. The third-order valence-corrected chi connectivity index (χ3v) is 12.5. The van der Waals surface area contributed by atoms with Crippen LogP contribution in [0.15, 0.2) is 42.6 Å². The monoisotopic (exact) mass is 709 g/mol. The molecule has 3 heterocycles. The van der Waals surface area contributed by atoms with Crippen LogP contribution in [0.3, 0.4) is 0 Å². The predicted molar refractivity (Wildman–Crippen MR) is 200 cm³/mol. The molecule has 0 bridgehead atoms. The smallest absolute Gasteiger partial charge is 0.309 e. The van der Waals surface area contributed by atoms with E-state index in [1.807, 2.05) is 84.0 Å². The molecule has 0 saturated carbocycles. The Morgan fingerprint density at radius 1 is 1.04 bits per heavy atom. The van der Waals surface area contributed by atoms with E-state index in [2.05, 4.69) is 18.8 Å². The highest BCUT2D eigenvalue weighted by Gasteiger charge is 2.52. The lowest BCUT2D eigenvalue weighted by molar-refractivity contribution is -0.206. The first-order valence-electron chi connectivity index (χ1n) is 18.9. The molecule has 4 rings (SSSR count). The minimum atomic E-state index is -1.70. The number of aromatic nitrogens is 1. The van der Waals surface area contributed by atoms with Crippen LogP contribution in [0.4, 0.5) is 0 Å². The van der Waals surface area contributed by atoms with Crippen LogP contribution >= 0.6 is 0 Å². The molecular weight excluding hydrogens is 646 g/mol. The number of cyclic esters (lactones) is 1. The summed E-state index contributed by atoms with van der Waals surface area (Å²) >= 11 is 0. The lowest BCUT2D eigenvalue weighted by Gasteiger charge is -2.48. The number of nitrogens with zero attached hydrogens (tertiary/aromatic N) is 1. The maximum absolute atomic E-state index is 14.3. The number of carbonyl (C=O) groups is 2. The highest BCUT2D eigenvalue weighted by atomic mass is 16.6. The molecule has 0 amide bonds. The summed E-state index contributed by atoms with van der Waals surface area (Å²) in [6, 6.07) is 9.94. The number of esters is 1.